The minimum absolute atomic E-state index is 0.527. The number of anilines is 1. The molecule has 1 aliphatic carbocycles. The highest BCUT2D eigenvalue weighted by molar-refractivity contribution is 9.10. The molecule has 1 saturated carbocycles. The molecule has 6 heteroatoms. The quantitative estimate of drug-likeness (QED) is 0.907. The van der Waals surface area contributed by atoms with Crippen molar-refractivity contribution in [2.75, 3.05) is 11.9 Å². The SMILES string of the molecule is OC1(CNc2nc(Br)cn3ccnc23)CCC1. The number of hydrogen-bond donors (Lipinski definition) is 2. The second kappa shape index (κ2) is 3.96. The lowest BCUT2D eigenvalue weighted by Crippen LogP contribution is -2.43. The molecule has 17 heavy (non-hydrogen) atoms. The van der Waals surface area contributed by atoms with Crippen LogP contribution in [0.2, 0.25) is 0 Å². The highest BCUT2D eigenvalue weighted by atomic mass is 79.9. The predicted molar refractivity (Wildman–Crippen MR) is 68.0 cm³/mol. The summed E-state index contributed by atoms with van der Waals surface area (Å²) in [5, 5.41) is 13.2. The molecule has 3 rings (SSSR count). The maximum Gasteiger partial charge on any atom is 0.180 e. The molecule has 2 heterocycles. The molecule has 0 aromatic carbocycles. The van der Waals surface area contributed by atoms with E-state index in [1.165, 1.54) is 0 Å². The Morgan fingerprint density at radius 1 is 1.53 bits per heavy atom. The van der Waals surface area contributed by atoms with E-state index in [4.69, 9.17) is 0 Å². The fourth-order valence-corrected chi connectivity index (χ4v) is 2.43. The number of hydrogen-bond acceptors (Lipinski definition) is 4. The van der Waals surface area contributed by atoms with Gasteiger partial charge < -0.3 is 14.8 Å². The van der Waals surface area contributed by atoms with Crippen LogP contribution in [0.4, 0.5) is 5.82 Å². The number of imidazole rings is 1. The Labute approximate surface area is 107 Å². The summed E-state index contributed by atoms with van der Waals surface area (Å²) in [4.78, 5) is 8.59. The highest BCUT2D eigenvalue weighted by Crippen LogP contribution is 2.31. The average molecular weight is 297 g/mol. The van der Waals surface area contributed by atoms with Crippen molar-refractivity contribution in [2.24, 2.45) is 0 Å². The molecule has 5 nitrogen and oxygen atoms in total. The molecule has 2 N–H and O–H groups in total. The van der Waals surface area contributed by atoms with Crippen molar-refractivity contribution in [3.8, 4) is 0 Å². The first-order valence-corrected chi connectivity index (χ1v) is 6.41. The topological polar surface area (TPSA) is 62.5 Å². The van der Waals surface area contributed by atoms with Crippen LogP contribution in [0.1, 0.15) is 19.3 Å². The highest BCUT2D eigenvalue weighted by Gasteiger charge is 2.34. The van der Waals surface area contributed by atoms with Gasteiger partial charge in [-0.15, -0.1) is 0 Å². The first-order valence-electron chi connectivity index (χ1n) is 5.62. The van der Waals surface area contributed by atoms with Gasteiger partial charge in [-0.05, 0) is 35.2 Å². The molecule has 0 radical (unpaired) electrons. The summed E-state index contributed by atoms with van der Waals surface area (Å²) >= 11 is 3.36. The number of halogens is 1. The van der Waals surface area contributed by atoms with Crippen molar-refractivity contribution >= 4 is 27.4 Å². The molecule has 90 valence electrons. The monoisotopic (exact) mass is 296 g/mol. The van der Waals surface area contributed by atoms with E-state index in [-0.39, 0.29) is 0 Å². The van der Waals surface area contributed by atoms with E-state index in [2.05, 4.69) is 31.2 Å². The van der Waals surface area contributed by atoms with E-state index in [1.807, 2.05) is 16.8 Å². The fraction of sp³-hybridized carbons (Fsp3) is 0.455. The summed E-state index contributed by atoms with van der Waals surface area (Å²) in [6.45, 7) is 0.527. The zero-order valence-electron chi connectivity index (χ0n) is 9.23. The van der Waals surface area contributed by atoms with Gasteiger partial charge in [0.25, 0.3) is 0 Å². The smallest absolute Gasteiger partial charge is 0.180 e. The van der Waals surface area contributed by atoms with Crippen LogP contribution in [-0.4, -0.2) is 31.6 Å². The maximum atomic E-state index is 10.0. The number of fused-ring (bicyclic) bond motifs is 1. The lowest BCUT2D eigenvalue weighted by Gasteiger charge is -2.36. The van der Waals surface area contributed by atoms with Crippen molar-refractivity contribution in [2.45, 2.75) is 24.9 Å². The van der Waals surface area contributed by atoms with E-state index in [1.54, 1.807) is 6.20 Å². The fourth-order valence-electron chi connectivity index (χ4n) is 2.03. The Morgan fingerprint density at radius 3 is 3.06 bits per heavy atom. The van der Waals surface area contributed by atoms with Crippen LogP contribution in [-0.2, 0) is 0 Å². The van der Waals surface area contributed by atoms with Crippen molar-refractivity contribution in [1.29, 1.82) is 0 Å². The molecular weight excluding hydrogens is 284 g/mol. The van der Waals surface area contributed by atoms with Gasteiger partial charge in [0.2, 0.25) is 0 Å². The second-order valence-corrected chi connectivity index (χ2v) is 5.31. The molecule has 0 amide bonds. The Hall–Kier alpha value is -1.14. The second-order valence-electron chi connectivity index (χ2n) is 4.50. The van der Waals surface area contributed by atoms with Gasteiger partial charge in [0.05, 0.1) is 5.60 Å². The standard InChI is InChI=1S/C11H13BrN4O/c12-8-6-16-5-4-13-10(16)9(15-8)14-7-11(17)2-1-3-11/h4-6,17H,1-3,7H2,(H,14,15). The van der Waals surface area contributed by atoms with Crippen LogP contribution >= 0.6 is 15.9 Å². The van der Waals surface area contributed by atoms with E-state index in [0.717, 1.165) is 29.5 Å². The molecule has 0 saturated heterocycles. The van der Waals surface area contributed by atoms with E-state index in [0.29, 0.717) is 12.4 Å². The van der Waals surface area contributed by atoms with E-state index >= 15 is 0 Å². The zero-order chi connectivity index (χ0) is 11.9. The van der Waals surface area contributed by atoms with Crippen molar-refractivity contribution in [3.63, 3.8) is 0 Å². The van der Waals surface area contributed by atoms with Gasteiger partial charge in [-0.3, -0.25) is 0 Å². The summed E-state index contributed by atoms with van der Waals surface area (Å²) in [6.07, 6.45) is 8.27. The van der Waals surface area contributed by atoms with Crippen LogP contribution in [0.3, 0.4) is 0 Å². The molecule has 2 aromatic heterocycles. The number of nitrogens with one attached hydrogen (secondary N) is 1. The van der Waals surface area contributed by atoms with Crippen LogP contribution in [0.15, 0.2) is 23.2 Å². The molecule has 0 unspecified atom stereocenters. The Kier molecular flexibility index (Phi) is 2.56. The normalized spacial score (nSPS) is 18.0. The molecular formula is C11H13BrN4O. The summed E-state index contributed by atoms with van der Waals surface area (Å²) < 4.78 is 2.63. The van der Waals surface area contributed by atoms with Crippen molar-refractivity contribution in [1.82, 2.24) is 14.4 Å². The predicted octanol–water partition coefficient (Wildman–Crippen LogP) is 1.82. The van der Waals surface area contributed by atoms with Crippen LogP contribution in [0, 0.1) is 0 Å². The Morgan fingerprint density at radius 2 is 2.35 bits per heavy atom. The van der Waals surface area contributed by atoms with Gasteiger partial charge >= 0.3 is 0 Å². The third-order valence-electron chi connectivity index (χ3n) is 3.21. The number of rotatable bonds is 3. The lowest BCUT2D eigenvalue weighted by molar-refractivity contribution is -0.0202. The van der Waals surface area contributed by atoms with Crippen molar-refractivity contribution in [3.05, 3.63) is 23.2 Å². The first-order chi connectivity index (χ1) is 8.16. The maximum absolute atomic E-state index is 10.0. The molecule has 0 bridgehead atoms. The lowest BCUT2D eigenvalue weighted by atomic mass is 9.80. The van der Waals surface area contributed by atoms with Gasteiger partial charge in [0.15, 0.2) is 11.5 Å². The van der Waals surface area contributed by atoms with Crippen LogP contribution in [0.25, 0.3) is 5.65 Å². The van der Waals surface area contributed by atoms with Gasteiger partial charge in [-0.25, -0.2) is 9.97 Å². The number of aliphatic hydroxyl groups is 1. The molecule has 0 aliphatic heterocycles. The molecule has 2 aromatic rings. The summed E-state index contributed by atoms with van der Waals surface area (Å²) in [6, 6.07) is 0. The van der Waals surface area contributed by atoms with Gasteiger partial charge in [-0.1, -0.05) is 0 Å². The third kappa shape index (κ3) is 2.02. The van der Waals surface area contributed by atoms with Crippen LogP contribution in [0.5, 0.6) is 0 Å². The first kappa shape index (κ1) is 11.0. The van der Waals surface area contributed by atoms with Crippen LogP contribution < -0.4 is 5.32 Å². The summed E-state index contributed by atoms with van der Waals surface area (Å²) in [5.74, 6) is 0.699. The number of nitrogens with zero attached hydrogens (tertiary/aromatic N) is 3. The summed E-state index contributed by atoms with van der Waals surface area (Å²) in [5.41, 5.74) is 0.212. The minimum Gasteiger partial charge on any atom is -0.388 e. The number of aromatic nitrogens is 3. The Balaban J connectivity index is 1.86. The molecule has 0 atom stereocenters. The molecule has 1 aliphatic rings. The van der Waals surface area contributed by atoms with Crippen molar-refractivity contribution < 1.29 is 5.11 Å². The van der Waals surface area contributed by atoms with E-state index in [9.17, 15) is 5.11 Å². The molecule has 1 fully saturated rings. The van der Waals surface area contributed by atoms with E-state index < -0.39 is 5.60 Å². The zero-order valence-corrected chi connectivity index (χ0v) is 10.8. The average Bonchev–Trinajstić information content (AvgIpc) is 2.71. The van der Waals surface area contributed by atoms with Gasteiger partial charge in [0.1, 0.15) is 4.60 Å². The summed E-state index contributed by atoms with van der Waals surface area (Å²) in [7, 11) is 0. The molecule has 0 spiro atoms. The minimum atomic E-state index is -0.562. The van der Waals surface area contributed by atoms with Gasteiger partial charge in [0, 0.05) is 25.1 Å². The van der Waals surface area contributed by atoms with Gasteiger partial charge in [-0.2, -0.15) is 0 Å². The third-order valence-corrected chi connectivity index (χ3v) is 3.60. The Bertz CT molecular complexity index is 549. The largest absolute Gasteiger partial charge is 0.388 e.